The van der Waals surface area contributed by atoms with E-state index < -0.39 is 0 Å². The van der Waals surface area contributed by atoms with Crippen LogP contribution in [0.15, 0.2) is 0 Å². The van der Waals surface area contributed by atoms with Crippen molar-refractivity contribution in [1.82, 2.24) is 0 Å². The number of hydrogen-bond donors (Lipinski definition) is 0. The Morgan fingerprint density at radius 2 is 1.50 bits per heavy atom. The van der Waals surface area contributed by atoms with Gasteiger partial charge in [0, 0.05) is 0 Å². The summed E-state index contributed by atoms with van der Waals surface area (Å²) in [6.45, 7) is 4.50. The van der Waals surface area contributed by atoms with Crippen LogP contribution in [0.4, 0.5) is 0 Å². The summed E-state index contributed by atoms with van der Waals surface area (Å²) in [4.78, 5) is 0. The average molecular weight is 213 g/mol. The monoisotopic (exact) mass is 213 g/mol. The molecule has 0 rings (SSSR count). The number of hydrogen-bond acceptors (Lipinski definition) is 0. The number of halogens is 1. The van der Waals surface area contributed by atoms with Crippen molar-refractivity contribution < 1.29 is 0 Å². The first kappa shape index (κ1) is 10.3. The Labute approximate surface area is 63.4 Å². The van der Waals surface area contributed by atoms with E-state index in [1.165, 1.54) is 10.6 Å². The number of rotatable bonds is 2. The maximum Gasteiger partial charge on any atom is 0.198 e. The predicted octanol–water partition coefficient (Wildman–Crippen LogP) is 2.19. The lowest BCUT2D eigenvalue weighted by Gasteiger charge is -1.74. The minimum atomic E-state index is 0. The summed E-state index contributed by atoms with van der Waals surface area (Å²) in [6, 6.07) is 0. The highest BCUT2D eigenvalue weighted by molar-refractivity contribution is 14.0. The van der Waals surface area contributed by atoms with Crippen LogP contribution < -0.4 is 0 Å². The van der Waals surface area contributed by atoms with E-state index in [0.29, 0.717) is 0 Å². The van der Waals surface area contributed by atoms with Crippen molar-refractivity contribution in [3.63, 3.8) is 0 Å². The Bertz CT molecular complexity index is 15.0. The summed E-state index contributed by atoms with van der Waals surface area (Å²) in [5, 5.41) is 2.85. The van der Waals surface area contributed by atoms with Crippen molar-refractivity contribution in [2.45, 2.75) is 24.4 Å². The molecule has 0 saturated heterocycles. The largest absolute Gasteiger partial charge is 0.198 e. The molecule has 1 radical (unpaired) electrons. The van der Waals surface area contributed by atoms with Crippen LogP contribution in [0.2, 0.25) is 10.6 Å². The fourth-order valence-electron chi connectivity index (χ4n) is 0.289. The molecule has 0 amide bonds. The first-order valence-corrected chi connectivity index (χ1v) is 3.86. The fourth-order valence-corrected chi connectivity index (χ4v) is 0.866. The molecule has 6 heavy (non-hydrogen) atoms. The molecule has 0 aromatic carbocycles. The molecule has 0 atom stereocenters. The molecule has 0 aliphatic rings. The second-order valence-corrected chi connectivity index (χ2v) is 3.32. The predicted molar refractivity (Wildman–Crippen MR) is 42.1 cm³/mol. The van der Waals surface area contributed by atoms with Gasteiger partial charge in [-0.25, -0.2) is 0 Å². The summed E-state index contributed by atoms with van der Waals surface area (Å²) in [5.74, 6) is 0. The van der Waals surface area contributed by atoms with Gasteiger partial charge in [0.15, 0.2) is 15.2 Å². The zero-order chi connectivity index (χ0) is 4.12. The van der Waals surface area contributed by atoms with E-state index in [4.69, 9.17) is 0 Å². The Hall–Kier alpha value is 1.26. The zero-order valence-electron chi connectivity index (χ0n) is 4.40. The van der Waals surface area contributed by atoms with Gasteiger partial charge in [-0.05, 0) is 0 Å². The maximum atomic E-state index is 2.25. The fraction of sp³-hybridized carbons (Fsp3) is 1.00. The lowest BCUT2D eigenvalue weighted by Crippen LogP contribution is -1.76. The zero-order valence-corrected chi connectivity index (χ0v) is 7.88. The highest BCUT2D eigenvalue weighted by atomic mass is 127. The quantitative estimate of drug-likeness (QED) is 0.487. The summed E-state index contributed by atoms with van der Waals surface area (Å²) in [7, 11) is 0. The molecule has 0 heterocycles. The molecular formula is C4H11AlI. The molecule has 0 saturated carbocycles. The topological polar surface area (TPSA) is 0 Å². The van der Waals surface area contributed by atoms with E-state index in [1.807, 2.05) is 0 Å². The van der Waals surface area contributed by atoms with Gasteiger partial charge in [-0.15, -0.1) is 34.5 Å². The highest BCUT2D eigenvalue weighted by Gasteiger charge is 1.74. The van der Waals surface area contributed by atoms with Crippen molar-refractivity contribution >= 4 is 39.2 Å². The third-order valence-electron chi connectivity index (χ3n) is 0.577. The van der Waals surface area contributed by atoms with Crippen LogP contribution in [0.25, 0.3) is 0 Å². The minimum Gasteiger partial charge on any atom is -0.107 e. The van der Waals surface area contributed by atoms with E-state index in [1.54, 1.807) is 0 Å². The molecule has 2 heteroatoms. The van der Waals surface area contributed by atoms with Crippen LogP contribution >= 0.6 is 24.0 Å². The van der Waals surface area contributed by atoms with Gasteiger partial charge in [0.1, 0.15) is 0 Å². The molecular weight excluding hydrogens is 202 g/mol. The van der Waals surface area contributed by atoms with Gasteiger partial charge in [0.05, 0.1) is 0 Å². The average Bonchev–Trinajstić information content (AvgIpc) is 1.41. The maximum absolute atomic E-state index is 2.25. The Morgan fingerprint density at radius 3 is 1.50 bits per heavy atom. The SMILES string of the molecule is C[CH2][Al][CH2]C.I. The third-order valence-corrected chi connectivity index (χ3v) is 1.73. The summed E-state index contributed by atoms with van der Waals surface area (Å²) < 4.78 is 0. The van der Waals surface area contributed by atoms with Gasteiger partial charge in [-0.2, -0.15) is 0 Å². The van der Waals surface area contributed by atoms with E-state index in [-0.39, 0.29) is 24.0 Å². The molecule has 0 aliphatic heterocycles. The molecule has 0 unspecified atom stereocenters. The second kappa shape index (κ2) is 9.55. The van der Waals surface area contributed by atoms with Crippen molar-refractivity contribution in [2.75, 3.05) is 0 Å². The van der Waals surface area contributed by atoms with Crippen molar-refractivity contribution in [2.24, 2.45) is 0 Å². The van der Waals surface area contributed by atoms with Gasteiger partial charge < -0.3 is 0 Å². The Balaban J connectivity index is 0. The molecule has 0 fully saturated rings. The molecule has 0 aromatic rings. The lowest BCUT2D eigenvalue weighted by molar-refractivity contribution is 1.36. The third kappa shape index (κ3) is 8.98. The molecule has 0 spiro atoms. The summed E-state index contributed by atoms with van der Waals surface area (Å²) in [6.07, 6.45) is 0. The standard InChI is InChI=1S/2C2H5.Al.HI/c2*1-2;;/h2*1H2,2H3;;1H. The van der Waals surface area contributed by atoms with Gasteiger partial charge in [-0.3, -0.25) is 0 Å². The van der Waals surface area contributed by atoms with Crippen LogP contribution in [-0.4, -0.2) is 15.2 Å². The van der Waals surface area contributed by atoms with E-state index >= 15 is 0 Å². The Morgan fingerprint density at radius 1 is 1.17 bits per heavy atom. The van der Waals surface area contributed by atoms with Crippen LogP contribution in [0, 0.1) is 0 Å². The summed E-state index contributed by atoms with van der Waals surface area (Å²) in [5.41, 5.74) is 0. The molecule has 0 aromatic heterocycles. The molecule has 0 bridgehead atoms. The smallest absolute Gasteiger partial charge is 0.107 e. The van der Waals surface area contributed by atoms with Crippen molar-refractivity contribution in [1.29, 1.82) is 0 Å². The van der Waals surface area contributed by atoms with Gasteiger partial charge in [0.2, 0.25) is 0 Å². The van der Waals surface area contributed by atoms with Crippen LogP contribution in [0.5, 0.6) is 0 Å². The van der Waals surface area contributed by atoms with Gasteiger partial charge in [-0.1, -0.05) is 13.8 Å². The van der Waals surface area contributed by atoms with Gasteiger partial charge in [0.25, 0.3) is 0 Å². The highest BCUT2D eigenvalue weighted by Crippen LogP contribution is 1.77. The van der Waals surface area contributed by atoms with Crippen LogP contribution in [0.1, 0.15) is 13.8 Å². The van der Waals surface area contributed by atoms with Crippen molar-refractivity contribution in [3.05, 3.63) is 0 Å². The summed E-state index contributed by atoms with van der Waals surface area (Å²) >= 11 is 0.815. The first-order chi connectivity index (χ1) is 2.41. The Kier molecular flexibility index (Phi) is 16.4. The van der Waals surface area contributed by atoms with Crippen LogP contribution in [0.3, 0.4) is 0 Å². The molecule has 0 N–H and O–H groups in total. The molecule has 0 aliphatic carbocycles. The van der Waals surface area contributed by atoms with Gasteiger partial charge >= 0.3 is 0 Å². The van der Waals surface area contributed by atoms with Crippen molar-refractivity contribution in [3.8, 4) is 0 Å². The van der Waals surface area contributed by atoms with Crippen LogP contribution in [-0.2, 0) is 0 Å². The molecule has 37 valence electrons. The minimum absolute atomic E-state index is 0. The second-order valence-electron chi connectivity index (χ2n) is 1.11. The molecule has 0 nitrogen and oxygen atoms in total. The first-order valence-electron chi connectivity index (χ1n) is 2.23. The van der Waals surface area contributed by atoms with E-state index in [0.717, 1.165) is 15.2 Å². The van der Waals surface area contributed by atoms with E-state index in [2.05, 4.69) is 13.8 Å². The lowest BCUT2D eigenvalue weighted by atomic mass is 10.9. The van der Waals surface area contributed by atoms with E-state index in [9.17, 15) is 0 Å². The normalized spacial score (nSPS) is 6.33.